The second-order valence-corrected chi connectivity index (χ2v) is 5.35. The van der Waals surface area contributed by atoms with Crippen LogP contribution in [0.15, 0.2) is 0 Å². The molecule has 8 nitrogen and oxygen atoms in total. The summed E-state index contributed by atoms with van der Waals surface area (Å²) in [5.41, 5.74) is 0. The lowest BCUT2D eigenvalue weighted by atomic mass is 10.4. The Morgan fingerprint density at radius 3 is 1.75 bits per heavy atom. The maximum Gasteiger partial charge on any atom is 0.104 e. The van der Waals surface area contributed by atoms with Crippen LogP contribution in [0.1, 0.15) is 6.92 Å². The Kier molecular flexibility index (Phi) is 14.6. The van der Waals surface area contributed by atoms with Crippen LogP contribution in [0.3, 0.4) is 0 Å². The van der Waals surface area contributed by atoms with E-state index in [0.29, 0.717) is 78.8 Å². The molecule has 2 unspecified atom stereocenters. The minimum atomic E-state index is 0.0385. The Morgan fingerprint density at radius 1 is 0.833 bits per heavy atom. The normalized spacial score (nSPS) is 18.0. The molecule has 8 heteroatoms. The summed E-state index contributed by atoms with van der Waals surface area (Å²) in [6.07, 6.45) is 0.368. The second-order valence-electron chi connectivity index (χ2n) is 5.35. The highest BCUT2D eigenvalue weighted by molar-refractivity contribution is 4.68. The molecule has 0 bridgehead atoms. The molecule has 144 valence electrons. The van der Waals surface area contributed by atoms with Gasteiger partial charge < -0.3 is 38.3 Å². The molecule has 0 aromatic rings. The fraction of sp³-hybridized carbons (Fsp3) is 1.00. The SMILES string of the molecule is CC(COCCOCCOCCOCCOCCO)OCC1CO1. The standard InChI is InChI=1S/C16H32O8/c1-15(23-13-16-14-24-16)12-22-11-10-21-9-8-20-7-6-19-5-4-18-3-2-17/h15-17H,2-14H2,1H3. The Bertz CT molecular complexity index is 262. The molecule has 0 saturated carbocycles. The molecule has 1 N–H and O–H groups in total. The predicted molar refractivity (Wildman–Crippen MR) is 86.3 cm³/mol. The average Bonchev–Trinajstić information content (AvgIpc) is 3.41. The molecule has 2 atom stereocenters. The monoisotopic (exact) mass is 352 g/mol. The van der Waals surface area contributed by atoms with E-state index in [9.17, 15) is 0 Å². The van der Waals surface area contributed by atoms with Gasteiger partial charge in [0.15, 0.2) is 0 Å². The van der Waals surface area contributed by atoms with Crippen molar-refractivity contribution in [3.8, 4) is 0 Å². The van der Waals surface area contributed by atoms with Crippen molar-refractivity contribution in [2.75, 3.05) is 85.9 Å². The van der Waals surface area contributed by atoms with Crippen LogP contribution >= 0.6 is 0 Å². The molecule has 0 amide bonds. The molecule has 1 heterocycles. The molecule has 1 aliphatic heterocycles. The highest BCUT2D eigenvalue weighted by Gasteiger charge is 2.23. The number of hydrogen-bond acceptors (Lipinski definition) is 8. The smallest absolute Gasteiger partial charge is 0.104 e. The van der Waals surface area contributed by atoms with Gasteiger partial charge in [-0.3, -0.25) is 0 Å². The van der Waals surface area contributed by atoms with Gasteiger partial charge in [0.05, 0.1) is 92.0 Å². The summed E-state index contributed by atoms with van der Waals surface area (Å²) in [4.78, 5) is 0. The summed E-state index contributed by atoms with van der Waals surface area (Å²) < 4.78 is 37.2. The number of rotatable bonds is 19. The van der Waals surface area contributed by atoms with Gasteiger partial charge >= 0.3 is 0 Å². The summed E-state index contributed by atoms with van der Waals surface area (Å²) in [6, 6.07) is 0. The highest BCUT2D eigenvalue weighted by atomic mass is 16.6. The molecule has 0 radical (unpaired) electrons. The first kappa shape index (κ1) is 21.7. The van der Waals surface area contributed by atoms with Gasteiger partial charge in [-0.25, -0.2) is 0 Å². The Balaban J connectivity index is 1.65. The van der Waals surface area contributed by atoms with E-state index in [1.807, 2.05) is 6.92 Å². The average molecular weight is 352 g/mol. The third-order valence-corrected chi connectivity index (χ3v) is 3.05. The topological polar surface area (TPSA) is 88.1 Å². The molecule has 0 aromatic heterocycles. The molecule has 0 spiro atoms. The Hall–Kier alpha value is -0.320. The van der Waals surface area contributed by atoms with E-state index in [4.69, 9.17) is 38.3 Å². The van der Waals surface area contributed by atoms with Gasteiger partial charge in [-0.05, 0) is 6.92 Å². The fourth-order valence-electron chi connectivity index (χ4n) is 1.68. The van der Waals surface area contributed by atoms with Crippen LogP contribution in [0.25, 0.3) is 0 Å². The van der Waals surface area contributed by atoms with Gasteiger partial charge in [-0.15, -0.1) is 0 Å². The number of epoxide rings is 1. The quantitative estimate of drug-likeness (QED) is 0.254. The second kappa shape index (κ2) is 16.2. The summed E-state index contributed by atoms with van der Waals surface area (Å²) in [5.74, 6) is 0. The van der Waals surface area contributed by atoms with E-state index in [2.05, 4.69) is 0 Å². The van der Waals surface area contributed by atoms with Gasteiger partial charge in [0, 0.05) is 0 Å². The lowest BCUT2D eigenvalue weighted by molar-refractivity contribution is -0.0361. The third kappa shape index (κ3) is 15.2. The zero-order valence-electron chi connectivity index (χ0n) is 14.7. The zero-order chi connectivity index (χ0) is 17.3. The van der Waals surface area contributed by atoms with Gasteiger partial charge in [0.1, 0.15) is 6.10 Å². The molecule has 0 aliphatic carbocycles. The maximum atomic E-state index is 8.51. The number of aliphatic hydroxyl groups is 1. The summed E-state index contributed by atoms with van der Waals surface area (Å²) in [6.45, 7) is 8.60. The van der Waals surface area contributed by atoms with Crippen molar-refractivity contribution >= 4 is 0 Å². The van der Waals surface area contributed by atoms with E-state index < -0.39 is 0 Å². The van der Waals surface area contributed by atoms with Gasteiger partial charge in [-0.1, -0.05) is 0 Å². The molecule has 0 aromatic carbocycles. The first-order valence-electron chi connectivity index (χ1n) is 8.55. The van der Waals surface area contributed by atoms with Crippen LogP contribution in [0, 0.1) is 0 Å². The van der Waals surface area contributed by atoms with Crippen LogP contribution in [0.4, 0.5) is 0 Å². The summed E-state index contributed by atoms with van der Waals surface area (Å²) in [5, 5.41) is 8.51. The van der Waals surface area contributed by atoms with Crippen molar-refractivity contribution in [2.45, 2.75) is 19.1 Å². The van der Waals surface area contributed by atoms with Gasteiger partial charge in [0.25, 0.3) is 0 Å². The van der Waals surface area contributed by atoms with Crippen LogP contribution in [-0.4, -0.2) is 103 Å². The number of aliphatic hydroxyl groups excluding tert-OH is 1. The van der Waals surface area contributed by atoms with E-state index in [1.54, 1.807) is 0 Å². The fourth-order valence-corrected chi connectivity index (χ4v) is 1.68. The summed E-state index contributed by atoms with van der Waals surface area (Å²) >= 11 is 0. The molecular formula is C16H32O8. The van der Waals surface area contributed by atoms with E-state index in [0.717, 1.165) is 6.61 Å². The lowest BCUT2D eigenvalue weighted by Crippen LogP contribution is -2.20. The van der Waals surface area contributed by atoms with Crippen molar-refractivity contribution in [1.29, 1.82) is 0 Å². The minimum absolute atomic E-state index is 0.0385. The molecule has 1 fully saturated rings. The first-order valence-corrected chi connectivity index (χ1v) is 8.55. The van der Waals surface area contributed by atoms with Crippen molar-refractivity contribution < 1.29 is 38.3 Å². The number of hydrogen-bond donors (Lipinski definition) is 1. The number of ether oxygens (including phenoxy) is 7. The van der Waals surface area contributed by atoms with Crippen LogP contribution in [-0.2, 0) is 33.2 Å². The largest absolute Gasteiger partial charge is 0.394 e. The van der Waals surface area contributed by atoms with Crippen LogP contribution in [0.5, 0.6) is 0 Å². The van der Waals surface area contributed by atoms with Crippen molar-refractivity contribution in [1.82, 2.24) is 0 Å². The van der Waals surface area contributed by atoms with E-state index >= 15 is 0 Å². The van der Waals surface area contributed by atoms with Crippen LogP contribution in [0.2, 0.25) is 0 Å². The zero-order valence-corrected chi connectivity index (χ0v) is 14.7. The van der Waals surface area contributed by atoms with E-state index in [-0.39, 0.29) is 12.7 Å². The Labute approximate surface area is 144 Å². The van der Waals surface area contributed by atoms with E-state index in [1.165, 1.54) is 0 Å². The van der Waals surface area contributed by atoms with Gasteiger partial charge in [0.2, 0.25) is 0 Å². The molecule has 1 rings (SSSR count). The van der Waals surface area contributed by atoms with Crippen LogP contribution < -0.4 is 0 Å². The lowest BCUT2D eigenvalue weighted by Gasteiger charge is -2.12. The highest BCUT2D eigenvalue weighted by Crippen LogP contribution is 2.09. The van der Waals surface area contributed by atoms with Crippen molar-refractivity contribution in [3.63, 3.8) is 0 Å². The molecule has 1 aliphatic rings. The van der Waals surface area contributed by atoms with Crippen molar-refractivity contribution in [3.05, 3.63) is 0 Å². The minimum Gasteiger partial charge on any atom is -0.394 e. The molecule has 24 heavy (non-hydrogen) atoms. The third-order valence-electron chi connectivity index (χ3n) is 3.05. The first-order chi connectivity index (χ1) is 11.8. The summed E-state index contributed by atoms with van der Waals surface area (Å²) in [7, 11) is 0. The maximum absolute atomic E-state index is 8.51. The predicted octanol–water partition coefficient (Wildman–Crippen LogP) is -0.134. The molecular weight excluding hydrogens is 320 g/mol. The Morgan fingerprint density at radius 2 is 1.29 bits per heavy atom. The molecule has 1 saturated heterocycles. The van der Waals surface area contributed by atoms with Gasteiger partial charge in [-0.2, -0.15) is 0 Å². The van der Waals surface area contributed by atoms with Crippen molar-refractivity contribution in [2.24, 2.45) is 0 Å².